The van der Waals surface area contributed by atoms with Gasteiger partial charge >= 0.3 is 0 Å². The van der Waals surface area contributed by atoms with E-state index in [1.807, 2.05) is 54.7 Å². The lowest BCUT2D eigenvalue weighted by Gasteiger charge is -2.18. The molecule has 8 heteroatoms. The minimum atomic E-state index is 0. The van der Waals surface area contributed by atoms with Crippen LogP contribution in [0.15, 0.2) is 72.1 Å². The Morgan fingerprint density at radius 2 is 1.96 bits per heavy atom. The number of hydrogen-bond donors (Lipinski definition) is 3. The lowest BCUT2D eigenvalue weighted by Crippen LogP contribution is -2.39. The first-order chi connectivity index (χ1) is 13.3. The Hall–Kier alpha value is -2.46. The summed E-state index contributed by atoms with van der Waals surface area (Å²) < 4.78 is 1.72. The molecule has 0 spiro atoms. The van der Waals surface area contributed by atoms with Crippen molar-refractivity contribution in [2.24, 2.45) is 4.99 Å². The van der Waals surface area contributed by atoms with Crippen molar-refractivity contribution in [3.63, 3.8) is 0 Å². The van der Waals surface area contributed by atoms with Crippen LogP contribution < -0.4 is 10.6 Å². The number of hydrogen-bond acceptors (Lipinski definition) is 4. The quantitative estimate of drug-likeness (QED) is 0.268. The number of aliphatic hydroxyl groups is 1. The molecule has 3 aromatic rings. The van der Waals surface area contributed by atoms with Gasteiger partial charge < -0.3 is 15.7 Å². The SMILES string of the molecule is CN=C(NCc1ccnc(-n2cccn2)c1)NCC(CO)c1ccccc1.I. The van der Waals surface area contributed by atoms with E-state index >= 15 is 0 Å². The summed E-state index contributed by atoms with van der Waals surface area (Å²) in [7, 11) is 1.73. The maximum atomic E-state index is 9.68. The van der Waals surface area contributed by atoms with Crippen molar-refractivity contribution >= 4 is 29.9 Å². The second kappa shape index (κ2) is 11.4. The molecule has 3 rings (SSSR count). The van der Waals surface area contributed by atoms with Crippen molar-refractivity contribution in [2.75, 3.05) is 20.2 Å². The molecule has 1 aromatic carbocycles. The number of halogens is 1. The molecule has 2 heterocycles. The molecule has 0 amide bonds. The first kappa shape index (κ1) is 21.8. The third-order valence-corrected chi connectivity index (χ3v) is 4.24. The summed E-state index contributed by atoms with van der Waals surface area (Å²) in [4.78, 5) is 8.59. The molecular formula is C20H25IN6O. The van der Waals surface area contributed by atoms with Gasteiger partial charge in [-0.1, -0.05) is 30.3 Å². The highest BCUT2D eigenvalue weighted by Gasteiger charge is 2.11. The van der Waals surface area contributed by atoms with E-state index in [4.69, 9.17) is 0 Å². The number of nitrogens with one attached hydrogen (secondary N) is 2. The van der Waals surface area contributed by atoms with E-state index in [1.54, 1.807) is 24.1 Å². The number of rotatable bonds is 7. The first-order valence-corrected chi connectivity index (χ1v) is 8.85. The van der Waals surface area contributed by atoms with E-state index in [1.165, 1.54) is 0 Å². The zero-order valence-electron chi connectivity index (χ0n) is 15.7. The molecule has 0 aliphatic heterocycles. The molecule has 3 N–H and O–H groups in total. The maximum absolute atomic E-state index is 9.68. The molecule has 0 saturated heterocycles. The number of benzene rings is 1. The largest absolute Gasteiger partial charge is 0.396 e. The van der Waals surface area contributed by atoms with Crippen LogP contribution in [0.1, 0.15) is 17.0 Å². The standard InChI is InChI=1S/C20H24N6O.HI/c1-21-20(24-14-18(15-27)17-6-3-2-4-7-17)23-13-16-8-10-22-19(12-16)26-11-5-9-25-26;/h2-12,18,27H,13-15H2,1H3,(H2,21,23,24);1H. The normalized spacial score (nSPS) is 12.1. The summed E-state index contributed by atoms with van der Waals surface area (Å²) >= 11 is 0. The second-order valence-corrected chi connectivity index (χ2v) is 6.07. The summed E-state index contributed by atoms with van der Waals surface area (Å²) in [5.74, 6) is 1.46. The van der Waals surface area contributed by atoms with Gasteiger partial charge in [0.25, 0.3) is 0 Å². The van der Waals surface area contributed by atoms with Crippen LogP contribution in [0.3, 0.4) is 0 Å². The molecule has 1 atom stereocenters. The Kier molecular flexibility index (Phi) is 8.89. The fraction of sp³-hybridized carbons (Fsp3) is 0.250. The van der Waals surface area contributed by atoms with Gasteiger partial charge in [-0.3, -0.25) is 4.99 Å². The zero-order chi connectivity index (χ0) is 18.9. The fourth-order valence-electron chi connectivity index (χ4n) is 2.74. The van der Waals surface area contributed by atoms with Crippen LogP contribution >= 0.6 is 24.0 Å². The average molecular weight is 492 g/mol. The molecule has 1 unspecified atom stereocenters. The molecule has 7 nitrogen and oxygen atoms in total. The van der Waals surface area contributed by atoms with Crippen LogP contribution in [-0.2, 0) is 6.54 Å². The lowest BCUT2D eigenvalue weighted by atomic mass is 10.0. The minimum absolute atomic E-state index is 0. The van der Waals surface area contributed by atoms with Gasteiger partial charge in [0.15, 0.2) is 11.8 Å². The molecule has 148 valence electrons. The number of guanidine groups is 1. The van der Waals surface area contributed by atoms with Crippen molar-refractivity contribution in [1.29, 1.82) is 0 Å². The Morgan fingerprint density at radius 1 is 1.14 bits per heavy atom. The maximum Gasteiger partial charge on any atom is 0.191 e. The van der Waals surface area contributed by atoms with Crippen molar-refractivity contribution in [2.45, 2.75) is 12.5 Å². The molecule has 28 heavy (non-hydrogen) atoms. The number of nitrogens with zero attached hydrogens (tertiary/aromatic N) is 4. The van der Waals surface area contributed by atoms with Crippen LogP contribution in [0.5, 0.6) is 0 Å². The van der Waals surface area contributed by atoms with Gasteiger partial charge in [-0.25, -0.2) is 9.67 Å². The third-order valence-electron chi connectivity index (χ3n) is 4.24. The topological polar surface area (TPSA) is 87.4 Å². The Balaban J connectivity index is 0.00000280. The highest BCUT2D eigenvalue weighted by atomic mass is 127. The van der Waals surface area contributed by atoms with Crippen molar-refractivity contribution in [1.82, 2.24) is 25.4 Å². The predicted molar refractivity (Wildman–Crippen MR) is 121 cm³/mol. The van der Waals surface area contributed by atoms with E-state index < -0.39 is 0 Å². The Labute approximate surface area is 181 Å². The molecular weight excluding hydrogens is 467 g/mol. The molecule has 0 radical (unpaired) electrons. The van der Waals surface area contributed by atoms with E-state index in [0.29, 0.717) is 19.0 Å². The van der Waals surface area contributed by atoms with Gasteiger partial charge in [-0.2, -0.15) is 5.10 Å². The second-order valence-electron chi connectivity index (χ2n) is 6.07. The van der Waals surface area contributed by atoms with Gasteiger partial charge in [0.1, 0.15) is 0 Å². The van der Waals surface area contributed by atoms with E-state index in [2.05, 4.69) is 25.7 Å². The van der Waals surface area contributed by atoms with Gasteiger partial charge in [0.05, 0.1) is 6.61 Å². The third kappa shape index (κ3) is 6.03. The first-order valence-electron chi connectivity index (χ1n) is 8.85. The van der Waals surface area contributed by atoms with Gasteiger partial charge in [0.2, 0.25) is 0 Å². The highest BCUT2D eigenvalue weighted by molar-refractivity contribution is 14.0. The molecule has 0 aliphatic rings. The van der Waals surface area contributed by atoms with Crippen LogP contribution in [0, 0.1) is 0 Å². The van der Waals surface area contributed by atoms with Crippen molar-refractivity contribution < 1.29 is 5.11 Å². The fourth-order valence-corrected chi connectivity index (χ4v) is 2.74. The number of aliphatic imine (C=N–C) groups is 1. The molecule has 0 fully saturated rings. The minimum Gasteiger partial charge on any atom is -0.396 e. The van der Waals surface area contributed by atoms with E-state index in [9.17, 15) is 5.11 Å². The van der Waals surface area contributed by atoms with Crippen LogP contribution in [0.4, 0.5) is 0 Å². The lowest BCUT2D eigenvalue weighted by molar-refractivity contribution is 0.265. The molecule has 0 aliphatic carbocycles. The molecule has 0 saturated carbocycles. The van der Waals surface area contributed by atoms with Crippen molar-refractivity contribution in [3.05, 3.63) is 78.2 Å². The summed E-state index contributed by atoms with van der Waals surface area (Å²) in [6.07, 6.45) is 5.35. The molecule has 2 aromatic heterocycles. The summed E-state index contributed by atoms with van der Waals surface area (Å²) in [5.41, 5.74) is 2.17. The van der Waals surface area contributed by atoms with Gasteiger partial charge in [0, 0.05) is 44.6 Å². The van der Waals surface area contributed by atoms with Crippen molar-refractivity contribution in [3.8, 4) is 5.82 Å². The van der Waals surface area contributed by atoms with Crippen LogP contribution in [-0.4, -0.2) is 46.0 Å². The number of pyridine rings is 1. The summed E-state index contributed by atoms with van der Waals surface area (Å²) in [6, 6.07) is 15.8. The summed E-state index contributed by atoms with van der Waals surface area (Å²) in [5, 5.41) is 20.4. The Bertz CT molecular complexity index is 854. The number of aliphatic hydroxyl groups excluding tert-OH is 1. The molecule has 0 bridgehead atoms. The predicted octanol–water partition coefficient (Wildman–Crippen LogP) is 2.33. The monoisotopic (exact) mass is 492 g/mol. The van der Waals surface area contributed by atoms with Crippen LogP contribution in [0.25, 0.3) is 5.82 Å². The summed E-state index contributed by atoms with van der Waals surface area (Å²) in [6.45, 7) is 1.27. The Morgan fingerprint density at radius 3 is 2.64 bits per heavy atom. The van der Waals surface area contributed by atoms with Crippen LogP contribution in [0.2, 0.25) is 0 Å². The van der Waals surface area contributed by atoms with E-state index in [-0.39, 0.29) is 36.5 Å². The highest BCUT2D eigenvalue weighted by Crippen LogP contribution is 2.13. The van der Waals surface area contributed by atoms with Gasteiger partial charge in [-0.15, -0.1) is 24.0 Å². The smallest absolute Gasteiger partial charge is 0.191 e. The van der Waals surface area contributed by atoms with E-state index in [0.717, 1.165) is 16.9 Å². The van der Waals surface area contributed by atoms with Gasteiger partial charge in [-0.05, 0) is 29.3 Å². The number of aromatic nitrogens is 3. The average Bonchev–Trinajstić information content (AvgIpc) is 3.27. The zero-order valence-corrected chi connectivity index (χ0v) is 18.0.